The molecule has 5 heterocycles. The van der Waals surface area contributed by atoms with Gasteiger partial charge < -0.3 is 0 Å². The zero-order chi connectivity index (χ0) is 37.0. The van der Waals surface area contributed by atoms with Crippen molar-refractivity contribution in [3.63, 3.8) is 0 Å². The van der Waals surface area contributed by atoms with E-state index in [1.54, 1.807) is 0 Å². The predicted molar refractivity (Wildman–Crippen MR) is 230 cm³/mol. The minimum atomic E-state index is 0.900. The fourth-order valence-electron chi connectivity index (χ4n) is 7.77. The summed E-state index contributed by atoms with van der Waals surface area (Å²) in [4.78, 5) is 25.1. The van der Waals surface area contributed by atoms with Crippen LogP contribution in [0.3, 0.4) is 0 Å². The molecule has 0 aliphatic heterocycles. The van der Waals surface area contributed by atoms with Gasteiger partial charge in [0.2, 0.25) is 0 Å². The third-order valence-corrected chi connectivity index (χ3v) is 10.7. The second kappa shape index (κ2) is 13.0. The van der Waals surface area contributed by atoms with E-state index >= 15 is 0 Å². The molecule has 5 nitrogen and oxygen atoms in total. The van der Waals surface area contributed by atoms with Crippen LogP contribution in [0.4, 0.5) is 0 Å². The molecule has 0 bridgehead atoms. The number of fused-ring (bicyclic) bond motifs is 6. The van der Waals surface area contributed by atoms with E-state index in [1.165, 1.54) is 0 Å². The molecule has 6 aromatic carbocycles. The molecule has 0 fully saturated rings. The Bertz CT molecular complexity index is 3310. The zero-order valence-corrected chi connectivity index (χ0v) is 30.1. The lowest BCUT2D eigenvalue weighted by Crippen LogP contribution is -1.91. The van der Waals surface area contributed by atoms with E-state index in [1.807, 2.05) is 42.6 Å². The van der Waals surface area contributed by atoms with Gasteiger partial charge in [0.15, 0.2) is 0 Å². The van der Waals surface area contributed by atoms with Crippen LogP contribution in [-0.4, -0.2) is 24.9 Å². The predicted octanol–water partition coefficient (Wildman–Crippen LogP) is 12.8. The normalized spacial score (nSPS) is 11.6. The van der Waals surface area contributed by atoms with Gasteiger partial charge in [0, 0.05) is 55.4 Å². The SMILES string of the molecule is c1ccc(-c2ccc3ccc4ccc(-c5cccc(-c6ccc7ccc(-c8ccc9ccc(-c%10cccc%11ncccc%10%11)nc9c8)nc7c6)c5)nc4c3n2)cc1. The van der Waals surface area contributed by atoms with Crippen LogP contribution in [0.15, 0.2) is 188 Å². The molecule has 5 heteroatoms. The monoisotopic (exact) mass is 713 g/mol. The maximum absolute atomic E-state index is 5.21. The van der Waals surface area contributed by atoms with Gasteiger partial charge in [-0.05, 0) is 65.7 Å². The van der Waals surface area contributed by atoms with Gasteiger partial charge in [-0.15, -0.1) is 0 Å². The van der Waals surface area contributed by atoms with Crippen molar-refractivity contribution in [2.75, 3.05) is 0 Å². The van der Waals surface area contributed by atoms with Crippen LogP contribution in [0.5, 0.6) is 0 Å². The highest BCUT2D eigenvalue weighted by Gasteiger charge is 2.12. The van der Waals surface area contributed by atoms with Crippen molar-refractivity contribution in [2.24, 2.45) is 0 Å². The molecule has 0 saturated carbocycles. The quantitative estimate of drug-likeness (QED) is 0.166. The largest absolute Gasteiger partial charge is 0.256 e. The van der Waals surface area contributed by atoms with E-state index in [4.69, 9.17) is 19.9 Å². The molecular weight excluding hydrogens is 683 g/mol. The molecule has 0 amide bonds. The van der Waals surface area contributed by atoms with Crippen LogP contribution in [0, 0.1) is 0 Å². The van der Waals surface area contributed by atoms with Crippen LogP contribution in [0.1, 0.15) is 0 Å². The molecule has 0 spiro atoms. The number of rotatable bonds is 5. The first-order chi connectivity index (χ1) is 27.7. The van der Waals surface area contributed by atoms with Gasteiger partial charge in [0.25, 0.3) is 0 Å². The molecule has 0 unspecified atom stereocenters. The zero-order valence-electron chi connectivity index (χ0n) is 30.1. The number of benzene rings is 6. The minimum absolute atomic E-state index is 0.900. The first-order valence-electron chi connectivity index (χ1n) is 18.7. The molecule has 0 aliphatic rings. The van der Waals surface area contributed by atoms with Crippen molar-refractivity contribution in [2.45, 2.75) is 0 Å². The third kappa shape index (κ3) is 5.62. The average Bonchev–Trinajstić information content (AvgIpc) is 3.28. The Morgan fingerprint density at radius 1 is 0.286 bits per heavy atom. The lowest BCUT2D eigenvalue weighted by Gasteiger charge is -2.10. The Balaban J connectivity index is 0.940. The van der Waals surface area contributed by atoms with Crippen molar-refractivity contribution in [1.82, 2.24) is 24.9 Å². The Morgan fingerprint density at radius 3 is 1.57 bits per heavy atom. The summed E-state index contributed by atoms with van der Waals surface area (Å²) in [7, 11) is 0. The number of hydrogen-bond donors (Lipinski definition) is 0. The lowest BCUT2D eigenvalue weighted by molar-refractivity contribution is 1.36. The number of pyridine rings is 5. The fraction of sp³-hybridized carbons (Fsp3) is 0. The van der Waals surface area contributed by atoms with Gasteiger partial charge in [-0.1, -0.05) is 127 Å². The highest BCUT2D eigenvalue weighted by molar-refractivity contribution is 6.04. The molecule has 0 aliphatic carbocycles. The number of hydrogen-bond acceptors (Lipinski definition) is 5. The Hall–Kier alpha value is -7.63. The van der Waals surface area contributed by atoms with E-state index in [2.05, 4.69) is 151 Å². The summed E-state index contributed by atoms with van der Waals surface area (Å²) in [6, 6.07) is 63.2. The average molecular weight is 714 g/mol. The van der Waals surface area contributed by atoms with E-state index in [-0.39, 0.29) is 0 Å². The van der Waals surface area contributed by atoms with Gasteiger partial charge in [0.05, 0.1) is 50.4 Å². The molecule has 5 aromatic heterocycles. The second-order valence-electron chi connectivity index (χ2n) is 14.1. The summed E-state index contributed by atoms with van der Waals surface area (Å²) >= 11 is 0. The maximum atomic E-state index is 5.21. The molecule has 11 rings (SSSR count). The third-order valence-electron chi connectivity index (χ3n) is 10.7. The van der Waals surface area contributed by atoms with Gasteiger partial charge >= 0.3 is 0 Å². The first-order valence-corrected chi connectivity index (χ1v) is 18.7. The van der Waals surface area contributed by atoms with E-state index in [0.29, 0.717) is 0 Å². The molecule has 0 N–H and O–H groups in total. The molecule has 0 saturated heterocycles. The van der Waals surface area contributed by atoms with Crippen molar-refractivity contribution in [1.29, 1.82) is 0 Å². The highest BCUT2D eigenvalue weighted by Crippen LogP contribution is 2.33. The lowest BCUT2D eigenvalue weighted by atomic mass is 9.99. The molecular formula is C51H31N5. The summed E-state index contributed by atoms with van der Waals surface area (Å²) in [6.45, 7) is 0. The van der Waals surface area contributed by atoms with Crippen molar-refractivity contribution in [3.8, 4) is 56.2 Å². The van der Waals surface area contributed by atoms with Crippen LogP contribution in [0.25, 0.3) is 111 Å². The second-order valence-corrected chi connectivity index (χ2v) is 14.1. The highest BCUT2D eigenvalue weighted by atomic mass is 14.8. The van der Waals surface area contributed by atoms with Crippen molar-refractivity contribution in [3.05, 3.63) is 188 Å². The van der Waals surface area contributed by atoms with Gasteiger partial charge in [0.1, 0.15) is 0 Å². The van der Waals surface area contributed by atoms with Gasteiger partial charge in [-0.25, -0.2) is 19.9 Å². The molecule has 0 radical (unpaired) electrons. The minimum Gasteiger partial charge on any atom is -0.256 e. The number of nitrogens with zero attached hydrogens (tertiary/aromatic N) is 5. The fourth-order valence-corrected chi connectivity index (χ4v) is 7.77. The summed E-state index contributed by atoms with van der Waals surface area (Å²) in [5.74, 6) is 0. The molecule has 0 atom stereocenters. The standard InChI is InChI=1S/C51H31N5/c1-2-7-32(8-3-1)43-25-22-35-16-17-36-23-26-45(56-51(36)50(35)55-43)39-10-4-9-37(29-39)38-18-14-33-20-24-44(53-48(33)30-38)40-19-15-34-21-27-47(54-49(34)31-40)42-11-5-13-46-41(42)12-6-28-52-46/h1-31H. The Kier molecular flexibility index (Phi) is 7.42. The van der Waals surface area contributed by atoms with Crippen LogP contribution in [0.2, 0.25) is 0 Å². The Labute approximate surface area is 322 Å². The topological polar surface area (TPSA) is 64.5 Å². The molecule has 260 valence electrons. The summed E-state index contributed by atoms with van der Waals surface area (Å²) in [5.41, 5.74) is 14.7. The first kappa shape index (κ1) is 31.9. The van der Waals surface area contributed by atoms with E-state index in [0.717, 1.165) is 111 Å². The number of aromatic nitrogens is 5. The smallest absolute Gasteiger partial charge is 0.0972 e. The Morgan fingerprint density at radius 2 is 0.804 bits per heavy atom. The summed E-state index contributed by atoms with van der Waals surface area (Å²) in [5, 5.41) is 5.40. The van der Waals surface area contributed by atoms with Crippen molar-refractivity contribution < 1.29 is 0 Å². The maximum Gasteiger partial charge on any atom is 0.0972 e. The van der Waals surface area contributed by atoms with Crippen LogP contribution < -0.4 is 0 Å². The van der Waals surface area contributed by atoms with Gasteiger partial charge in [-0.3, -0.25) is 4.98 Å². The molecule has 11 aromatic rings. The van der Waals surface area contributed by atoms with Crippen LogP contribution in [-0.2, 0) is 0 Å². The summed E-state index contributed by atoms with van der Waals surface area (Å²) in [6.07, 6.45) is 1.83. The van der Waals surface area contributed by atoms with E-state index in [9.17, 15) is 0 Å². The van der Waals surface area contributed by atoms with Crippen molar-refractivity contribution >= 4 is 54.5 Å². The summed E-state index contributed by atoms with van der Waals surface area (Å²) < 4.78 is 0. The van der Waals surface area contributed by atoms with E-state index < -0.39 is 0 Å². The molecule has 56 heavy (non-hydrogen) atoms. The van der Waals surface area contributed by atoms with Gasteiger partial charge in [-0.2, -0.15) is 0 Å². The van der Waals surface area contributed by atoms with Crippen LogP contribution >= 0.6 is 0 Å².